The van der Waals surface area contributed by atoms with Gasteiger partial charge in [0, 0.05) is 16.6 Å². The van der Waals surface area contributed by atoms with Gasteiger partial charge in [0.2, 0.25) is 5.91 Å². The van der Waals surface area contributed by atoms with Gasteiger partial charge in [-0.15, -0.1) is 11.8 Å². The van der Waals surface area contributed by atoms with E-state index in [-0.39, 0.29) is 5.91 Å². The van der Waals surface area contributed by atoms with Gasteiger partial charge in [-0.1, -0.05) is 36.4 Å². The monoisotopic (exact) mass is 323 g/mol. The number of methoxy groups -OCH3 is 1. The molecule has 0 aliphatic rings. The summed E-state index contributed by atoms with van der Waals surface area (Å²) in [5.74, 6) is 1.07. The summed E-state index contributed by atoms with van der Waals surface area (Å²) in [6.07, 6.45) is 0. The van der Waals surface area contributed by atoms with Crippen molar-refractivity contribution < 1.29 is 9.53 Å². The first-order chi connectivity index (χ1) is 11.2. The average molecular weight is 323 g/mol. The Hall–Kier alpha value is -2.46. The van der Waals surface area contributed by atoms with Crippen LogP contribution in [0.2, 0.25) is 0 Å². The van der Waals surface area contributed by atoms with Crippen molar-refractivity contribution in [2.24, 2.45) is 0 Å². The van der Waals surface area contributed by atoms with Crippen molar-refractivity contribution >= 4 is 34.1 Å². The van der Waals surface area contributed by atoms with Gasteiger partial charge in [0.25, 0.3) is 0 Å². The third kappa shape index (κ3) is 4.05. The highest BCUT2D eigenvalue weighted by molar-refractivity contribution is 8.00. The lowest BCUT2D eigenvalue weighted by atomic mass is 10.1. The summed E-state index contributed by atoms with van der Waals surface area (Å²) in [5.41, 5.74) is 0.744. The van der Waals surface area contributed by atoms with Crippen LogP contribution in [0.5, 0.6) is 5.75 Å². The van der Waals surface area contributed by atoms with E-state index in [9.17, 15) is 4.79 Å². The van der Waals surface area contributed by atoms with E-state index in [1.807, 2.05) is 36.4 Å². The fourth-order valence-corrected chi connectivity index (χ4v) is 3.05. The number of nitrogens with one attached hydrogen (secondary N) is 1. The summed E-state index contributed by atoms with van der Waals surface area (Å²) in [5, 5.41) is 5.28. The van der Waals surface area contributed by atoms with Gasteiger partial charge >= 0.3 is 0 Å². The number of amides is 1. The Kier molecular flexibility index (Phi) is 4.83. The molecule has 3 aromatic carbocycles. The maximum Gasteiger partial charge on any atom is 0.234 e. The molecule has 0 spiro atoms. The number of carbonyl (C=O) groups is 1. The standard InChI is InChI=1S/C19H17NO2S/c1-22-17-8-4-7-16(12-17)20-19(21)13-23-18-10-9-14-5-2-3-6-15(14)11-18/h2-12H,13H2,1H3,(H,20,21). The Bertz CT molecular complexity index is 832. The van der Waals surface area contributed by atoms with Crippen molar-refractivity contribution in [3.63, 3.8) is 0 Å². The number of rotatable bonds is 5. The van der Waals surface area contributed by atoms with E-state index >= 15 is 0 Å². The second kappa shape index (κ2) is 7.20. The number of carbonyl (C=O) groups excluding carboxylic acids is 1. The minimum Gasteiger partial charge on any atom is -0.497 e. The fourth-order valence-electron chi connectivity index (χ4n) is 2.30. The number of hydrogen-bond acceptors (Lipinski definition) is 3. The molecule has 3 aromatic rings. The lowest BCUT2D eigenvalue weighted by molar-refractivity contribution is -0.113. The lowest BCUT2D eigenvalue weighted by Gasteiger charge is -2.07. The maximum absolute atomic E-state index is 12.1. The van der Waals surface area contributed by atoms with Crippen molar-refractivity contribution in [2.75, 3.05) is 18.2 Å². The first-order valence-corrected chi connectivity index (χ1v) is 8.29. The predicted molar refractivity (Wildman–Crippen MR) is 96.3 cm³/mol. The maximum atomic E-state index is 12.1. The number of fused-ring (bicyclic) bond motifs is 1. The lowest BCUT2D eigenvalue weighted by Crippen LogP contribution is -2.13. The SMILES string of the molecule is COc1cccc(NC(=O)CSc2ccc3ccccc3c2)c1. The molecule has 1 N–H and O–H groups in total. The van der Waals surface area contributed by atoms with Crippen LogP contribution in [0.3, 0.4) is 0 Å². The first-order valence-electron chi connectivity index (χ1n) is 7.30. The highest BCUT2D eigenvalue weighted by atomic mass is 32.2. The minimum atomic E-state index is -0.0311. The average Bonchev–Trinajstić information content (AvgIpc) is 2.60. The molecular weight excluding hydrogens is 306 g/mol. The van der Waals surface area contributed by atoms with E-state index in [2.05, 4.69) is 29.6 Å². The molecule has 0 saturated heterocycles. The molecule has 116 valence electrons. The molecule has 0 aromatic heterocycles. The van der Waals surface area contributed by atoms with Crippen LogP contribution >= 0.6 is 11.8 Å². The number of hydrogen-bond donors (Lipinski definition) is 1. The molecule has 0 atom stereocenters. The van der Waals surface area contributed by atoms with Crippen molar-refractivity contribution in [1.82, 2.24) is 0 Å². The van der Waals surface area contributed by atoms with E-state index in [0.29, 0.717) is 5.75 Å². The van der Waals surface area contributed by atoms with Gasteiger partial charge in [-0.3, -0.25) is 4.79 Å². The molecule has 23 heavy (non-hydrogen) atoms. The second-order valence-electron chi connectivity index (χ2n) is 5.08. The van der Waals surface area contributed by atoms with Crippen molar-refractivity contribution in [3.05, 3.63) is 66.7 Å². The highest BCUT2D eigenvalue weighted by Gasteiger charge is 2.05. The number of thioether (sulfide) groups is 1. The topological polar surface area (TPSA) is 38.3 Å². The molecule has 0 radical (unpaired) electrons. The van der Waals surface area contributed by atoms with Crippen LogP contribution in [0.15, 0.2) is 71.6 Å². The summed E-state index contributed by atoms with van der Waals surface area (Å²) >= 11 is 1.53. The summed E-state index contributed by atoms with van der Waals surface area (Å²) in [4.78, 5) is 13.2. The molecule has 0 saturated carbocycles. The normalized spacial score (nSPS) is 10.5. The molecule has 1 amide bonds. The van der Waals surface area contributed by atoms with Crippen molar-refractivity contribution in [1.29, 1.82) is 0 Å². The molecule has 0 aliphatic carbocycles. The fraction of sp³-hybridized carbons (Fsp3) is 0.105. The summed E-state index contributed by atoms with van der Waals surface area (Å²) in [7, 11) is 1.61. The van der Waals surface area contributed by atoms with E-state index in [4.69, 9.17) is 4.74 Å². The van der Waals surface area contributed by atoms with Crippen LogP contribution in [-0.4, -0.2) is 18.8 Å². The number of anilines is 1. The highest BCUT2D eigenvalue weighted by Crippen LogP contribution is 2.24. The molecular formula is C19H17NO2S. The molecule has 0 unspecified atom stereocenters. The van der Waals surface area contributed by atoms with Crippen LogP contribution in [0.1, 0.15) is 0 Å². The zero-order valence-corrected chi connectivity index (χ0v) is 13.6. The van der Waals surface area contributed by atoms with Gasteiger partial charge in [0.05, 0.1) is 12.9 Å². The summed E-state index contributed by atoms with van der Waals surface area (Å²) in [6.45, 7) is 0. The Morgan fingerprint density at radius 1 is 1.00 bits per heavy atom. The van der Waals surface area contributed by atoms with Gasteiger partial charge in [-0.2, -0.15) is 0 Å². The Morgan fingerprint density at radius 3 is 2.65 bits per heavy atom. The third-order valence-electron chi connectivity index (χ3n) is 3.44. The van der Waals surface area contributed by atoms with Gasteiger partial charge in [-0.05, 0) is 35.0 Å². The zero-order chi connectivity index (χ0) is 16.1. The molecule has 0 heterocycles. The summed E-state index contributed by atoms with van der Waals surface area (Å²) in [6, 6.07) is 21.8. The number of ether oxygens (including phenoxy) is 1. The van der Waals surface area contributed by atoms with Gasteiger partial charge in [0.15, 0.2) is 0 Å². The van der Waals surface area contributed by atoms with Crippen LogP contribution in [0.4, 0.5) is 5.69 Å². The smallest absolute Gasteiger partial charge is 0.234 e. The molecule has 3 rings (SSSR count). The molecule has 0 fully saturated rings. The Balaban J connectivity index is 1.61. The van der Waals surface area contributed by atoms with Gasteiger partial charge in [0.1, 0.15) is 5.75 Å². The van der Waals surface area contributed by atoms with Gasteiger partial charge < -0.3 is 10.1 Å². The Labute approximate surface area is 139 Å². The van der Waals surface area contributed by atoms with Crippen LogP contribution in [0.25, 0.3) is 10.8 Å². The van der Waals surface area contributed by atoms with E-state index in [1.165, 1.54) is 22.5 Å². The molecule has 3 nitrogen and oxygen atoms in total. The zero-order valence-electron chi connectivity index (χ0n) is 12.8. The van der Waals surface area contributed by atoms with Crippen LogP contribution in [-0.2, 0) is 4.79 Å². The van der Waals surface area contributed by atoms with Crippen molar-refractivity contribution in [3.8, 4) is 5.75 Å². The van der Waals surface area contributed by atoms with Gasteiger partial charge in [-0.25, -0.2) is 0 Å². The third-order valence-corrected chi connectivity index (χ3v) is 4.44. The quantitative estimate of drug-likeness (QED) is 0.699. The molecule has 0 bridgehead atoms. The summed E-state index contributed by atoms with van der Waals surface area (Å²) < 4.78 is 5.15. The minimum absolute atomic E-state index is 0.0311. The predicted octanol–water partition coefficient (Wildman–Crippen LogP) is 4.58. The van der Waals surface area contributed by atoms with E-state index in [1.54, 1.807) is 13.2 Å². The van der Waals surface area contributed by atoms with E-state index < -0.39 is 0 Å². The second-order valence-corrected chi connectivity index (χ2v) is 6.13. The molecule has 0 aliphatic heterocycles. The van der Waals surface area contributed by atoms with Crippen LogP contribution < -0.4 is 10.1 Å². The Morgan fingerprint density at radius 2 is 1.83 bits per heavy atom. The van der Waals surface area contributed by atoms with Crippen molar-refractivity contribution in [2.45, 2.75) is 4.90 Å². The van der Waals surface area contributed by atoms with E-state index in [0.717, 1.165) is 16.3 Å². The first kappa shape index (κ1) is 15.4. The van der Waals surface area contributed by atoms with Crippen LogP contribution in [0, 0.1) is 0 Å². The molecule has 4 heteroatoms. The number of benzene rings is 3. The largest absolute Gasteiger partial charge is 0.497 e.